The summed E-state index contributed by atoms with van der Waals surface area (Å²) >= 11 is 0. The number of esters is 1. The maximum absolute atomic E-state index is 13.0. The number of hydrogen-bond donors (Lipinski definition) is 1. The van der Waals surface area contributed by atoms with Gasteiger partial charge >= 0.3 is 17.6 Å². The standard InChI is InChI=1S/C26H31N3O6/c1-6-15-28-22(27-29(25(28)33)16-19-9-7-17(2)8-10-19)18(3)34-23(30)20-11-13-21(14-12-20)35-26(4,5)24(31)32/h7-14,18H,6,15-16H2,1-5H3,(H,31,32)/t18-/m0/s1. The van der Waals surface area contributed by atoms with E-state index in [2.05, 4.69) is 5.10 Å². The van der Waals surface area contributed by atoms with E-state index in [9.17, 15) is 19.5 Å². The minimum atomic E-state index is -1.41. The second kappa shape index (κ2) is 10.6. The molecular formula is C26H31N3O6. The third kappa shape index (κ3) is 6.17. The van der Waals surface area contributed by atoms with Gasteiger partial charge in [0.25, 0.3) is 0 Å². The molecule has 0 radical (unpaired) electrons. The van der Waals surface area contributed by atoms with Crippen molar-refractivity contribution in [3.63, 3.8) is 0 Å². The van der Waals surface area contributed by atoms with Crippen LogP contribution in [0.15, 0.2) is 53.3 Å². The van der Waals surface area contributed by atoms with E-state index in [1.54, 1.807) is 6.92 Å². The third-order valence-corrected chi connectivity index (χ3v) is 5.48. The van der Waals surface area contributed by atoms with E-state index in [-0.39, 0.29) is 11.3 Å². The minimum absolute atomic E-state index is 0.257. The Morgan fingerprint density at radius 3 is 2.29 bits per heavy atom. The summed E-state index contributed by atoms with van der Waals surface area (Å²) in [5.41, 5.74) is 0.679. The Hall–Kier alpha value is -3.88. The van der Waals surface area contributed by atoms with Gasteiger partial charge < -0.3 is 14.6 Å². The quantitative estimate of drug-likeness (QED) is 0.436. The summed E-state index contributed by atoms with van der Waals surface area (Å²) < 4.78 is 14.0. The maximum Gasteiger partial charge on any atom is 0.347 e. The van der Waals surface area contributed by atoms with Crippen LogP contribution in [0.3, 0.4) is 0 Å². The summed E-state index contributed by atoms with van der Waals surface area (Å²) in [6.07, 6.45) is -0.0410. The zero-order valence-electron chi connectivity index (χ0n) is 20.6. The van der Waals surface area contributed by atoms with Gasteiger partial charge in [-0.2, -0.15) is 5.10 Å². The molecule has 9 heteroatoms. The van der Waals surface area contributed by atoms with Crippen LogP contribution in [0.2, 0.25) is 0 Å². The molecule has 2 aromatic carbocycles. The summed E-state index contributed by atoms with van der Waals surface area (Å²) in [5.74, 6) is -1.01. The van der Waals surface area contributed by atoms with E-state index in [4.69, 9.17) is 9.47 Å². The number of hydrogen-bond acceptors (Lipinski definition) is 6. The number of carboxylic acids is 1. The third-order valence-electron chi connectivity index (χ3n) is 5.48. The molecular weight excluding hydrogens is 450 g/mol. The van der Waals surface area contributed by atoms with Crippen LogP contribution in [-0.4, -0.2) is 37.0 Å². The molecule has 186 valence electrons. The van der Waals surface area contributed by atoms with Crippen molar-refractivity contribution in [3.05, 3.63) is 81.5 Å². The summed E-state index contributed by atoms with van der Waals surface area (Å²) in [6.45, 7) is 9.28. The average molecular weight is 482 g/mol. The van der Waals surface area contributed by atoms with Gasteiger partial charge in [0.15, 0.2) is 17.5 Å². The van der Waals surface area contributed by atoms with Crippen LogP contribution in [-0.2, 0) is 22.6 Å². The summed E-state index contributed by atoms with van der Waals surface area (Å²) in [4.78, 5) is 37.0. The summed E-state index contributed by atoms with van der Waals surface area (Å²) in [6, 6.07) is 13.9. The number of nitrogens with zero attached hydrogens (tertiary/aromatic N) is 3. The molecule has 0 aliphatic rings. The van der Waals surface area contributed by atoms with Crippen LogP contribution in [0.1, 0.15) is 67.5 Å². The van der Waals surface area contributed by atoms with Crippen LogP contribution in [0, 0.1) is 6.92 Å². The molecule has 3 rings (SSSR count). The molecule has 0 saturated heterocycles. The molecule has 3 aromatic rings. The highest BCUT2D eigenvalue weighted by molar-refractivity contribution is 5.89. The average Bonchev–Trinajstić information content (AvgIpc) is 3.11. The molecule has 0 spiro atoms. The highest BCUT2D eigenvalue weighted by Gasteiger charge is 2.29. The van der Waals surface area contributed by atoms with Gasteiger partial charge in [-0.1, -0.05) is 36.8 Å². The Labute approximate surface area is 203 Å². The number of carbonyl (C=O) groups excluding carboxylic acids is 1. The van der Waals surface area contributed by atoms with Crippen LogP contribution >= 0.6 is 0 Å². The van der Waals surface area contributed by atoms with Crippen molar-refractivity contribution in [2.45, 2.75) is 65.8 Å². The van der Waals surface area contributed by atoms with Gasteiger partial charge in [0.05, 0.1) is 12.1 Å². The molecule has 1 aromatic heterocycles. The molecule has 0 fully saturated rings. The Kier molecular flexibility index (Phi) is 7.78. The molecule has 1 atom stereocenters. The Bertz CT molecular complexity index is 1240. The van der Waals surface area contributed by atoms with E-state index in [1.807, 2.05) is 38.1 Å². The van der Waals surface area contributed by atoms with Crippen molar-refractivity contribution in [3.8, 4) is 5.75 Å². The van der Waals surface area contributed by atoms with E-state index >= 15 is 0 Å². The molecule has 1 heterocycles. The minimum Gasteiger partial charge on any atom is -0.478 e. The van der Waals surface area contributed by atoms with Gasteiger partial charge in [0, 0.05) is 6.54 Å². The van der Waals surface area contributed by atoms with Gasteiger partial charge in [0.1, 0.15) is 5.75 Å². The Morgan fingerprint density at radius 1 is 1.09 bits per heavy atom. The number of carboxylic acid groups (broad SMARTS) is 1. The number of ether oxygens (including phenoxy) is 2. The van der Waals surface area contributed by atoms with E-state index in [1.165, 1.54) is 47.4 Å². The first-order valence-corrected chi connectivity index (χ1v) is 11.5. The van der Waals surface area contributed by atoms with Gasteiger partial charge in [-0.25, -0.2) is 19.1 Å². The highest BCUT2D eigenvalue weighted by Crippen LogP contribution is 2.21. The van der Waals surface area contributed by atoms with Crippen LogP contribution in [0.5, 0.6) is 5.75 Å². The number of aryl methyl sites for hydroxylation is 1. The largest absolute Gasteiger partial charge is 0.478 e. The fourth-order valence-corrected chi connectivity index (χ4v) is 3.44. The highest BCUT2D eigenvalue weighted by atomic mass is 16.5. The zero-order valence-corrected chi connectivity index (χ0v) is 20.6. The lowest BCUT2D eigenvalue weighted by Gasteiger charge is -2.21. The first-order valence-electron chi connectivity index (χ1n) is 11.5. The second-order valence-electron chi connectivity index (χ2n) is 8.93. The number of aromatic nitrogens is 3. The van der Waals surface area contributed by atoms with Crippen molar-refractivity contribution >= 4 is 11.9 Å². The van der Waals surface area contributed by atoms with Crippen LogP contribution in [0.25, 0.3) is 0 Å². The fourth-order valence-electron chi connectivity index (χ4n) is 3.44. The molecule has 0 bridgehead atoms. The first-order chi connectivity index (χ1) is 16.5. The molecule has 0 unspecified atom stereocenters. The molecule has 0 amide bonds. The Morgan fingerprint density at radius 2 is 1.71 bits per heavy atom. The van der Waals surface area contributed by atoms with Gasteiger partial charge in [-0.15, -0.1) is 0 Å². The number of rotatable bonds is 10. The normalized spacial score (nSPS) is 12.3. The molecule has 0 aliphatic carbocycles. The van der Waals surface area contributed by atoms with Crippen LogP contribution in [0.4, 0.5) is 0 Å². The molecule has 1 N–H and O–H groups in total. The first kappa shape index (κ1) is 25.7. The van der Waals surface area contributed by atoms with Crippen LogP contribution < -0.4 is 10.4 Å². The Balaban J connectivity index is 1.76. The van der Waals surface area contributed by atoms with Gasteiger partial charge in [-0.3, -0.25) is 4.57 Å². The van der Waals surface area contributed by atoms with Crippen molar-refractivity contribution < 1.29 is 24.2 Å². The zero-order chi connectivity index (χ0) is 25.8. The van der Waals surface area contributed by atoms with Gasteiger partial charge in [-0.05, 0) is 63.9 Å². The SMILES string of the molecule is CCCn1c([C@H](C)OC(=O)c2ccc(OC(C)(C)C(=O)O)cc2)nn(Cc2ccc(C)cc2)c1=O. The number of benzene rings is 2. The van der Waals surface area contributed by atoms with Crippen molar-refractivity contribution in [2.75, 3.05) is 0 Å². The number of aliphatic carboxylic acids is 1. The van der Waals surface area contributed by atoms with Crippen molar-refractivity contribution in [2.24, 2.45) is 0 Å². The molecule has 0 aliphatic heterocycles. The number of carbonyl (C=O) groups is 2. The smallest absolute Gasteiger partial charge is 0.347 e. The van der Waals surface area contributed by atoms with E-state index in [0.29, 0.717) is 24.7 Å². The molecule has 0 saturated carbocycles. The van der Waals surface area contributed by atoms with Crippen molar-refractivity contribution in [1.29, 1.82) is 0 Å². The lowest BCUT2D eigenvalue weighted by Crippen LogP contribution is -2.37. The lowest BCUT2D eigenvalue weighted by molar-refractivity contribution is -0.152. The monoisotopic (exact) mass is 481 g/mol. The van der Waals surface area contributed by atoms with E-state index < -0.39 is 23.6 Å². The van der Waals surface area contributed by atoms with Crippen molar-refractivity contribution in [1.82, 2.24) is 14.3 Å². The maximum atomic E-state index is 13.0. The van der Waals surface area contributed by atoms with Gasteiger partial charge in [0.2, 0.25) is 0 Å². The van der Waals surface area contributed by atoms with E-state index in [0.717, 1.165) is 17.5 Å². The fraction of sp³-hybridized carbons (Fsp3) is 0.385. The topological polar surface area (TPSA) is 113 Å². The lowest BCUT2D eigenvalue weighted by atomic mass is 10.1. The summed E-state index contributed by atoms with van der Waals surface area (Å²) in [7, 11) is 0. The molecule has 35 heavy (non-hydrogen) atoms. The summed E-state index contributed by atoms with van der Waals surface area (Å²) in [5, 5.41) is 13.7. The predicted octanol–water partition coefficient (Wildman–Crippen LogP) is 3.97. The second-order valence-corrected chi connectivity index (χ2v) is 8.93. The molecule has 9 nitrogen and oxygen atoms in total. The predicted molar refractivity (Wildman–Crippen MR) is 130 cm³/mol.